The van der Waals surface area contributed by atoms with Gasteiger partial charge < -0.3 is 24.0 Å². The lowest BCUT2D eigenvalue weighted by atomic mass is 10.1. The third-order valence-electron chi connectivity index (χ3n) is 5.88. The molecule has 1 aromatic heterocycles. The minimum Gasteiger partial charge on any atom is -0.497 e. The predicted molar refractivity (Wildman–Crippen MR) is 146 cm³/mol. The van der Waals surface area contributed by atoms with E-state index in [1.54, 1.807) is 41.5 Å². The van der Waals surface area contributed by atoms with E-state index in [1.165, 1.54) is 12.0 Å². The molecule has 0 aliphatic heterocycles. The van der Waals surface area contributed by atoms with Gasteiger partial charge in [0.25, 0.3) is 5.91 Å². The van der Waals surface area contributed by atoms with E-state index in [0.717, 1.165) is 10.4 Å². The van der Waals surface area contributed by atoms with Crippen LogP contribution in [0.5, 0.6) is 11.5 Å². The second-order valence-corrected chi connectivity index (χ2v) is 9.96. The van der Waals surface area contributed by atoms with Crippen LogP contribution in [-0.2, 0) is 22.6 Å². The van der Waals surface area contributed by atoms with Crippen molar-refractivity contribution in [3.8, 4) is 11.5 Å². The molecular weight excluding hydrogens is 488 g/mol. The van der Waals surface area contributed by atoms with Gasteiger partial charge in [-0.2, -0.15) is 0 Å². The lowest BCUT2D eigenvalue weighted by Gasteiger charge is -2.28. The molecule has 37 heavy (non-hydrogen) atoms. The molecule has 0 saturated heterocycles. The van der Waals surface area contributed by atoms with E-state index in [0.29, 0.717) is 56.3 Å². The molecule has 3 rings (SSSR count). The van der Waals surface area contributed by atoms with Gasteiger partial charge in [0.15, 0.2) is 0 Å². The van der Waals surface area contributed by atoms with Crippen LogP contribution in [0.3, 0.4) is 0 Å². The molecule has 0 spiro atoms. The first-order chi connectivity index (χ1) is 17.9. The molecule has 0 N–H and O–H groups in total. The number of carbonyl (C=O) groups excluding carboxylic acids is 2. The number of ether oxygens (including phenoxy) is 3. The van der Waals surface area contributed by atoms with Gasteiger partial charge in [0.2, 0.25) is 5.91 Å². The van der Waals surface area contributed by atoms with Gasteiger partial charge in [-0.05, 0) is 50.1 Å². The summed E-state index contributed by atoms with van der Waals surface area (Å²) in [6.07, 6.45) is 0.619. The SMILES string of the molecule is CCOCCCN(CC(=O)N(Cc1ccccc1)Cc1ccc(C)s1)C(=O)c1ccc(OC)cc1OC. The van der Waals surface area contributed by atoms with Crippen molar-refractivity contribution in [1.29, 1.82) is 0 Å². The van der Waals surface area contributed by atoms with Gasteiger partial charge in [-0.15, -0.1) is 11.3 Å². The molecule has 1 heterocycles. The Morgan fingerprint density at radius 3 is 2.35 bits per heavy atom. The summed E-state index contributed by atoms with van der Waals surface area (Å²) in [5.74, 6) is 0.609. The first kappa shape index (κ1) is 28.2. The maximum Gasteiger partial charge on any atom is 0.258 e. The van der Waals surface area contributed by atoms with E-state index in [4.69, 9.17) is 14.2 Å². The molecular formula is C29H36N2O5S. The highest BCUT2D eigenvalue weighted by molar-refractivity contribution is 7.11. The number of nitrogens with zero attached hydrogens (tertiary/aromatic N) is 2. The fourth-order valence-corrected chi connectivity index (χ4v) is 4.86. The number of benzene rings is 2. The third-order valence-corrected chi connectivity index (χ3v) is 6.87. The number of hydrogen-bond donors (Lipinski definition) is 0. The fraction of sp³-hybridized carbons (Fsp3) is 0.379. The van der Waals surface area contributed by atoms with Crippen molar-refractivity contribution in [3.63, 3.8) is 0 Å². The Morgan fingerprint density at radius 2 is 1.70 bits per heavy atom. The van der Waals surface area contributed by atoms with Gasteiger partial charge in [0.1, 0.15) is 18.0 Å². The van der Waals surface area contributed by atoms with Gasteiger partial charge in [-0.3, -0.25) is 9.59 Å². The molecule has 0 radical (unpaired) electrons. The number of methoxy groups -OCH3 is 2. The van der Waals surface area contributed by atoms with Crippen LogP contribution in [0.25, 0.3) is 0 Å². The monoisotopic (exact) mass is 524 g/mol. The number of aryl methyl sites for hydroxylation is 1. The highest BCUT2D eigenvalue weighted by atomic mass is 32.1. The smallest absolute Gasteiger partial charge is 0.258 e. The lowest BCUT2D eigenvalue weighted by molar-refractivity contribution is -0.133. The number of rotatable bonds is 14. The summed E-state index contributed by atoms with van der Waals surface area (Å²) >= 11 is 1.67. The van der Waals surface area contributed by atoms with Gasteiger partial charge in [-0.1, -0.05) is 30.3 Å². The van der Waals surface area contributed by atoms with Crippen molar-refractivity contribution < 1.29 is 23.8 Å². The topological polar surface area (TPSA) is 68.3 Å². The van der Waals surface area contributed by atoms with Crippen LogP contribution in [0.4, 0.5) is 0 Å². The van der Waals surface area contributed by atoms with E-state index in [-0.39, 0.29) is 18.4 Å². The Kier molecular flexibility index (Phi) is 11.0. The Hall–Kier alpha value is -3.36. The average Bonchev–Trinajstić information content (AvgIpc) is 3.34. The Labute approximate surface area is 223 Å². The number of thiophene rings is 1. The molecule has 0 bridgehead atoms. The number of carbonyl (C=O) groups is 2. The van der Waals surface area contributed by atoms with Gasteiger partial charge in [0.05, 0.1) is 26.3 Å². The maximum absolute atomic E-state index is 13.7. The van der Waals surface area contributed by atoms with Crippen LogP contribution in [0, 0.1) is 6.92 Å². The number of hydrogen-bond acceptors (Lipinski definition) is 6. The summed E-state index contributed by atoms with van der Waals surface area (Å²) in [4.78, 5) is 33.1. The third kappa shape index (κ3) is 8.33. The van der Waals surface area contributed by atoms with Crippen LogP contribution < -0.4 is 9.47 Å². The average molecular weight is 525 g/mol. The first-order valence-electron chi connectivity index (χ1n) is 12.4. The van der Waals surface area contributed by atoms with E-state index in [2.05, 4.69) is 19.1 Å². The molecule has 0 saturated carbocycles. The van der Waals surface area contributed by atoms with Crippen molar-refractivity contribution in [2.75, 3.05) is 40.5 Å². The maximum atomic E-state index is 13.7. The zero-order chi connectivity index (χ0) is 26.6. The van der Waals surface area contributed by atoms with Crippen molar-refractivity contribution in [1.82, 2.24) is 9.80 Å². The fourth-order valence-electron chi connectivity index (χ4n) is 3.96. The van der Waals surface area contributed by atoms with Crippen LogP contribution >= 0.6 is 11.3 Å². The molecule has 198 valence electrons. The molecule has 0 aliphatic carbocycles. The van der Waals surface area contributed by atoms with E-state index in [1.807, 2.05) is 42.2 Å². The molecule has 0 aliphatic rings. The summed E-state index contributed by atoms with van der Waals surface area (Å²) < 4.78 is 16.2. The summed E-state index contributed by atoms with van der Waals surface area (Å²) in [6.45, 7) is 6.39. The van der Waals surface area contributed by atoms with Crippen molar-refractivity contribution in [2.45, 2.75) is 33.4 Å². The second-order valence-electron chi connectivity index (χ2n) is 8.59. The first-order valence-corrected chi connectivity index (χ1v) is 13.2. The van der Waals surface area contributed by atoms with Crippen molar-refractivity contribution >= 4 is 23.2 Å². The largest absolute Gasteiger partial charge is 0.497 e. The molecule has 0 unspecified atom stereocenters. The highest BCUT2D eigenvalue weighted by Crippen LogP contribution is 2.26. The minimum absolute atomic E-state index is 0.0443. The normalized spacial score (nSPS) is 10.7. The summed E-state index contributed by atoms with van der Waals surface area (Å²) in [5.41, 5.74) is 1.42. The quantitative estimate of drug-likeness (QED) is 0.272. The summed E-state index contributed by atoms with van der Waals surface area (Å²) in [5, 5.41) is 0. The van der Waals surface area contributed by atoms with E-state index < -0.39 is 0 Å². The standard InChI is InChI=1S/C29H36N2O5S/c1-5-36-17-9-16-30(29(33)26-15-13-24(34-3)18-27(26)35-4)21-28(32)31(19-23-10-7-6-8-11-23)20-25-14-12-22(2)37-25/h6-8,10-15,18H,5,9,16-17,19-21H2,1-4H3. The van der Waals surface area contributed by atoms with Crippen LogP contribution in [0.1, 0.15) is 39.0 Å². The van der Waals surface area contributed by atoms with Crippen LogP contribution in [0.15, 0.2) is 60.7 Å². The highest BCUT2D eigenvalue weighted by Gasteiger charge is 2.25. The lowest BCUT2D eigenvalue weighted by Crippen LogP contribution is -2.43. The van der Waals surface area contributed by atoms with Crippen LogP contribution in [-0.4, -0.2) is 62.1 Å². The zero-order valence-corrected chi connectivity index (χ0v) is 22.9. The Bertz CT molecular complexity index is 1150. The predicted octanol–water partition coefficient (Wildman–Crippen LogP) is 5.17. The van der Waals surface area contributed by atoms with Gasteiger partial charge in [-0.25, -0.2) is 0 Å². The van der Waals surface area contributed by atoms with Gasteiger partial charge in [0, 0.05) is 42.1 Å². The Balaban J connectivity index is 1.84. The minimum atomic E-state index is -0.268. The Morgan fingerprint density at radius 1 is 0.919 bits per heavy atom. The van der Waals surface area contributed by atoms with Gasteiger partial charge >= 0.3 is 0 Å². The summed E-state index contributed by atoms with van der Waals surface area (Å²) in [7, 11) is 3.08. The van der Waals surface area contributed by atoms with E-state index >= 15 is 0 Å². The van der Waals surface area contributed by atoms with Crippen molar-refractivity contribution in [2.24, 2.45) is 0 Å². The molecule has 0 atom stereocenters. The van der Waals surface area contributed by atoms with Crippen LogP contribution in [0.2, 0.25) is 0 Å². The molecule has 3 aromatic rings. The summed E-state index contributed by atoms with van der Waals surface area (Å²) in [6, 6.07) is 19.1. The van der Waals surface area contributed by atoms with Crippen molar-refractivity contribution in [3.05, 3.63) is 81.5 Å². The molecule has 2 aromatic carbocycles. The second kappa shape index (κ2) is 14.4. The molecule has 2 amide bonds. The van der Waals surface area contributed by atoms with E-state index in [9.17, 15) is 9.59 Å². The molecule has 0 fully saturated rings. The molecule has 8 heteroatoms. The zero-order valence-electron chi connectivity index (χ0n) is 22.1. The molecule has 7 nitrogen and oxygen atoms in total. The number of amides is 2.